The largest absolute Gasteiger partial charge is 0.355 e. The van der Waals surface area contributed by atoms with E-state index in [4.69, 9.17) is 0 Å². The Morgan fingerprint density at radius 2 is 2.14 bits per heavy atom. The molecule has 11 heteroatoms. The minimum atomic E-state index is 0.00948. The maximum absolute atomic E-state index is 12.8. The Morgan fingerprint density at radius 3 is 2.83 bits per heavy atom. The molecular weight excluding hydrogens is 408 g/mol. The number of amides is 1. The molecule has 3 heterocycles. The molecule has 0 bridgehead atoms. The van der Waals surface area contributed by atoms with Gasteiger partial charge in [-0.25, -0.2) is 4.40 Å². The topological polar surface area (TPSA) is 100 Å². The number of carbonyl (C=O) groups excluding carboxylic acids is 1. The fourth-order valence-corrected chi connectivity index (χ4v) is 4.17. The van der Waals surface area contributed by atoms with Crippen molar-refractivity contribution in [2.75, 3.05) is 36.0 Å². The van der Waals surface area contributed by atoms with E-state index in [9.17, 15) is 4.79 Å². The third-order valence-electron chi connectivity index (χ3n) is 3.87. The third-order valence-corrected chi connectivity index (χ3v) is 5.64. The molecule has 0 atom stereocenters. The van der Waals surface area contributed by atoms with Gasteiger partial charge in [0.25, 0.3) is 5.78 Å². The average Bonchev–Trinajstić information content (AvgIpc) is 3.36. The van der Waals surface area contributed by atoms with Crippen molar-refractivity contribution < 1.29 is 4.79 Å². The van der Waals surface area contributed by atoms with E-state index in [0.29, 0.717) is 49.0 Å². The summed E-state index contributed by atoms with van der Waals surface area (Å²) in [5.41, 5.74) is 0. The zero-order valence-electron chi connectivity index (χ0n) is 16.5. The molecular formula is C18H24N8OS2. The van der Waals surface area contributed by atoms with Gasteiger partial charge in [0.1, 0.15) is 0 Å². The highest BCUT2D eigenvalue weighted by molar-refractivity contribution is 7.99. The monoisotopic (exact) mass is 432 g/mol. The normalized spacial score (nSPS) is 10.8. The van der Waals surface area contributed by atoms with Crippen LogP contribution in [0, 0.1) is 0 Å². The van der Waals surface area contributed by atoms with Crippen LogP contribution < -0.4 is 10.6 Å². The molecule has 0 aromatic carbocycles. The van der Waals surface area contributed by atoms with Gasteiger partial charge in [0.05, 0.1) is 12.3 Å². The van der Waals surface area contributed by atoms with Crippen LogP contribution in [0.5, 0.6) is 0 Å². The lowest BCUT2D eigenvalue weighted by atomic mass is 10.4. The molecule has 0 aliphatic heterocycles. The quantitative estimate of drug-likeness (QED) is 0.352. The first-order valence-electron chi connectivity index (χ1n) is 9.31. The molecule has 29 heavy (non-hydrogen) atoms. The number of rotatable bonds is 11. The zero-order chi connectivity index (χ0) is 20.6. The lowest BCUT2D eigenvalue weighted by Crippen LogP contribution is -2.31. The van der Waals surface area contributed by atoms with Crippen LogP contribution in [0.1, 0.15) is 18.7 Å². The van der Waals surface area contributed by atoms with E-state index in [1.807, 2.05) is 31.4 Å². The van der Waals surface area contributed by atoms with Crippen LogP contribution >= 0.6 is 23.1 Å². The molecule has 9 nitrogen and oxygen atoms in total. The number of hydrogen-bond donors (Lipinski definition) is 2. The predicted molar refractivity (Wildman–Crippen MR) is 118 cm³/mol. The molecule has 1 amide bonds. The Balaban J connectivity index is 1.76. The van der Waals surface area contributed by atoms with E-state index in [1.54, 1.807) is 26.7 Å². The number of anilines is 2. The van der Waals surface area contributed by atoms with E-state index in [1.165, 1.54) is 11.8 Å². The van der Waals surface area contributed by atoms with E-state index in [2.05, 4.69) is 37.4 Å². The summed E-state index contributed by atoms with van der Waals surface area (Å²) >= 11 is 2.95. The molecule has 2 N–H and O–H groups in total. The molecule has 0 aliphatic carbocycles. The maximum Gasteiger partial charge on any atom is 0.261 e. The Kier molecular flexibility index (Phi) is 7.42. The highest BCUT2D eigenvalue weighted by atomic mass is 32.2. The Labute approximate surface area is 177 Å². The Morgan fingerprint density at radius 1 is 1.31 bits per heavy atom. The minimum absolute atomic E-state index is 0.00948. The standard InChI is InChI=1S/C18H24N8OS2/c1-4-9-25(11-13-8-7-10-28-13)14(27)12-29-18-24-23-17-22-15(19-5-2)21-16(20-6-3)26(17)18/h4,7-8,10H,1,5-6,9,11-12H2,2-3H3,(H2,19,20,21,22,23). The Bertz CT molecular complexity index is 956. The van der Waals surface area contributed by atoms with Gasteiger partial charge in [-0.05, 0) is 25.3 Å². The van der Waals surface area contributed by atoms with Crippen LogP contribution in [-0.2, 0) is 11.3 Å². The number of carbonyl (C=O) groups is 1. The van der Waals surface area contributed by atoms with Gasteiger partial charge in [-0.15, -0.1) is 28.1 Å². The average molecular weight is 433 g/mol. The summed E-state index contributed by atoms with van der Waals surface area (Å²) in [4.78, 5) is 24.6. The molecule has 3 aromatic rings. The number of aromatic nitrogens is 5. The van der Waals surface area contributed by atoms with Crippen LogP contribution in [-0.4, -0.2) is 60.8 Å². The lowest BCUT2D eigenvalue weighted by molar-refractivity contribution is -0.128. The molecule has 0 spiro atoms. The summed E-state index contributed by atoms with van der Waals surface area (Å²) in [7, 11) is 0. The van der Waals surface area contributed by atoms with Crippen molar-refractivity contribution in [1.29, 1.82) is 0 Å². The van der Waals surface area contributed by atoms with Crippen LogP contribution in [0.2, 0.25) is 0 Å². The molecule has 154 valence electrons. The zero-order valence-corrected chi connectivity index (χ0v) is 18.1. The summed E-state index contributed by atoms with van der Waals surface area (Å²) in [6.45, 7) is 10.2. The van der Waals surface area contributed by atoms with Gasteiger partial charge in [-0.1, -0.05) is 23.9 Å². The number of nitrogens with zero attached hydrogens (tertiary/aromatic N) is 6. The van der Waals surface area contributed by atoms with Gasteiger partial charge < -0.3 is 15.5 Å². The number of nitrogens with one attached hydrogen (secondary N) is 2. The first kappa shape index (κ1) is 21.1. The first-order valence-corrected chi connectivity index (χ1v) is 11.2. The van der Waals surface area contributed by atoms with Gasteiger partial charge in [-0.2, -0.15) is 9.97 Å². The van der Waals surface area contributed by atoms with Crippen LogP contribution in [0.25, 0.3) is 5.78 Å². The maximum atomic E-state index is 12.8. The molecule has 0 aliphatic rings. The molecule has 3 rings (SSSR count). The van der Waals surface area contributed by atoms with Crippen molar-refractivity contribution in [2.45, 2.75) is 25.5 Å². The van der Waals surface area contributed by atoms with Crippen molar-refractivity contribution in [3.8, 4) is 0 Å². The minimum Gasteiger partial charge on any atom is -0.355 e. The van der Waals surface area contributed by atoms with Crippen LogP contribution in [0.3, 0.4) is 0 Å². The second-order valence-corrected chi connectivity index (χ2v) is 7.96. The van der Waals surface area contributed by atoms with Crippen LogP contribution in [0.15, 0.2) is 35.3 Å². The van der Waals surface area contributed by atoms with E-state index < -0.39 is 0 Å². The number of thioether (sulfide) groups is 1. The lowest BCUT2D eigenvalue weighted by Gasteiger charge is -2.20. The molecule has 0 saturated carbocycles. The number of hydrogen-bond acceptors (Lipinski definition) is 9. The number of thiophene rings is 1. The SMILES string of the molecule is C=CCN(Cc1cccs1)C(=O)CSc1nnc2nc(NCC)nc(NCC)n12. The van der Waals surface area contributed by atoms with E-state index >= 15 is 0 Å². The summed E-state index contributed by atoms with van der Waals surface area (Å²) in [6, 6.07) is 4.01. The van der Waals surface area contributed by atoms with Crippen molar-refractivity contribution in [3.63, 3.8) is 0 Å². The smallest absolute Gasteiger partial charge is 0.261 e. The van der Waals surface area contributed by atoms with Crippen molar-refractivity contribution in [1.82, 2.24) is 29.5 Å². The van der Waals surface area contributed by atoms with Gasteiger partial charge in [0.15, 0.2) is 5.16 Å². The highest BCUT2D eigenvalue weighted by Crippen LogP contribution is 2.22. The van der Waals surface area contributed by atoms with Crippen molar-refractivity contribution in [2.24, 2.45) is 0 Å². The molecule has 0 fully saturated rings. The first-order chi connectivity index (χ1) is 14.2. The summed E-state index contributed by atoms with van der Waals surface area (Å²) in [5.74, 6) is 1.76. The molecule has 0 radical (unpaired) electrons. The van der Waals surface area contributed by atoms with E-state index in [0.717, 1.165) is 4.88 Å². The summed E-state index contributed by atoms with van der Waals surface area (Å²) in [6.07, 6.45) is 1.74. The fraction of sp³-hybridized carbons (Fsp3) is 0.389. The number of fused-ring (bicyclic) bond motifs is 1. The molecule has 0 saturated heterocycles. The summed E-state index contributed by atoms with van der Waals surface area (Å²) in [5, 5.41) is 17.2. The van der Waals surface area contributed by atoms with Crippen LogP contribution in [0.4, 0.5) is 11.9 Å². The second-order valence-electron chi connectivity index (χ2n) is 5.98. The fourth-order valence-electron chi connectivity index (χ4n) is 2.62. The van der Waals surface area contributed by atoms with Gasteiger partial charge in [0.2, 0.25) is 17.8 Å². The van der Waals surface area contributed by atoms with Crippen molar-refractivity contribution >= 4 is 46.7 Å². The van der Waals surface area contributed by atoms with Gasteiger partial charge >= 0.3 is 0 Å². The van der Waals surface area contributed by atoms with Gasteiger partial charge in [0, 0.05) is 24.5 Å². The van der Waals surface area contributed by atoms with E-state index in [-0.39, 0.29) is 11.7 Å². The Hall–Kier alpha value is -2.66. The highest BCUT2D eigenvalue weighted by Gasteiger charge is 2.18. The summed E-state index contributed by atoms with van der Waals surface area (Å²) < 4.78 is 1.74. The molecule has 3 aromatic heterocycles. The second kappa shape index (κ2) is 10.2. The predicted octanol–water partition coefficient (Wildman–Crippen LogP) is 2.75. The molecule has 0 unspecified atom stereocenters. The van der Waals surface area contributed by atoms with Gasteiger partial charge in [-0.3, -0.25) is 4.79 Å². The third kappa shape index (κ3) is 5.24. The van der Waals surface area contributed by atoms with Crippen molar-refractivity contribution in [3.05, 3.63) is 35.0 Å².